The van der Waals surface area contributed by atoms with Crippen molar-refractivity contribution in [2.75, 3.05) is 5.32 Å². The van der Waals surface area contributed by atoms with E-state index in [0.717, 1.165) is 5.69 Å². The lowest BCUT2D eigenvalue weighted by Gasteiger charge is -2.03. The van der Waals surface area contributed by atoms with Crippen LogP contribution in [0, 0.1) is 0 Å². The molecule has 0 saturated carbocycles. The van der Waals surface area contributed by atoms with Gasteiger partial charge < -0.3 is 9.73 Å². The Morgan fingerprint density at radius 2 is 1.71 bits per heavy atom. The van der Waals surface area contributed by atoms with Crippen molar-refractivity contribution in [3.63, 3.8) is 0 Å². The summed E-state index contributed by atoms with van der Waals surface area (Å²) in [7, 11) is 0. The molecule has 106 valence electrons. The van der Waals surface area contributed by atoms with Gasteiger partial charge in [0.15, 0.2) is 0 Å². The number of anilines is 2. The number of alkyl halides is 2. The van der Waals surface area contributed by atoms with Gasteiger partial charge in [0.25, 0.3) is 11.8 Å². The van der Waals surface area contributed by atoms with Gasteiger partial charge in [0, 0.05) is 18.1 Å². The third kappa shape index (κ3) is 2.99. The van der Waals surface area contributed by atoms with Crippen molar-refractivity contribution in [1.82, 2.24) is 20.2 Å². The minimum absolute atomic E-state index is 0.0449. The van der Waals surface area contributed by atoms with Crippen molar-refractivity contribution in [2.24, 2.45) is 0 Å². The smallest absolute Gasteiger partial charge is 0.314 e. The van der Waals surface area contributed by atoms with Gasteiger partial charge >= 0.3 is 6.43 Å². The molecule has 3 rings (SSSR count). The molecule has 3 aromatic rings. The maximum absolute atomic E-state index is 12.4. The SMILES string of the molecule is FC(F)c1nnc(-c2cnc(Nc3ccccc3)nc2)o1. The van der Waals surface area contributed by atoms with E-state index in [4.69, 9.17) is 4.42 Å². The average molecular weight is 289 g/mol. The normalized spacial score (nSPS) is 10.8. The maximum atomic E-state index is 12.4. The Bertz CT molecular complexity index is 715. The van der Waals surface area contributed by atoms with Gasteiger partial charge in [-0.2, -0.15) is 8.78 Å². The van der Waals surface area contributed by atoms with Crippen molar-refractivity contribution < 1.29 is 13.2 Å². The van der Waals surface area contributed by atoms with Crippen LogP contribution in [0.15, 0.2) is 47.1 Å². The third-order valence-electron chi connectivity index (χ3n) is 2.56. The molecule has 21 heavy (non-hydrogen) atoms. The number of nitrogens with one attached hydrogen (secondary N) is 1. The fourth-order valence-electron chi connectivity index (χ4n) is 1.59. The highest BCUT2D eigenvalue weighted by Gasteiger charge is 2.17. The summed E-state index contributed by atoms with van der Waals surface area (Å²) in [5, 5.41) is 9.77. The first kappa shape index (κ1) is 13.1. The molecule has 0 fully saturated rings. The zero-order chi connectivity index (χ0) is 14.7. The fraction of sp³-hybridized carbons (Fsp3) is 0.0769. The van der Waals surface area contributed by atoms with E-state index in [-0.39, 0.29) is 5.89 Å². The highest BCUT2D eigenvalue weighted by atomic mass is 19.3. The number of rotatable bonds is 4. The standard InChI is InChI=1S/C13H9F2N5O/c14-10(15)12-20-19-11(21-12)8-6-16-13(17-7-8)18-9-4-2-1-3-5-9/h1-7,10H,(H,16,17,18). The first-order valence-corrected chi connectivity index (χ1v) is 5.98. The van der Waals surface area contributed by atoms with Crippen molar-refractivity contribution in [1.29, 1.82) is 0 Å². The summed E-state index contributed by atoms with van der Waals surface area (Å²) < 4.78 is 29.5. The first-order chi connectivity index (χ1) is 10.2. The van der Waals surface area contributed by atoms with E-state index in [1.54, 1.807) is 0 Å². The van der Waals surface area contributed by atoms with Crippen molar-refractivity contribution in [3.05, 3.63) is 48.6 Å². The Kier molecular flexibility index (Phi) is 3.50. The number of para-hydroxylation sites is 1. The van der Waals surface area contributed by atoms with E-state index >= 15 is 0 Å². The summed E-state index contributed by atoms with van der Waals surface area (Å²) in [4.78, 5) is 8.13. The van der Waals surface area contributed by atoms with Crippen molar-refractivity contribution in [3.8, 4) is 11.5 Å². The van der Waals surface area contributed by atoms with Crippen LogP contribution in [0.4, 0.5) is 20.4 Å². The molecule has 6 nitrogen and oxygen atoms in total. The zero-order valence-electron chi connectivity index (χ0n) is 10.6. The van der Waals surface area contributed by atoms with Crippen LogP contribution in [0.2, 0.25) is 0 Å². The van der Waals surface area contributed by atoms with Crippen LogP contribution in [0.1, 0.15) is 12.3 Å². The molecule has 0 radical (unpaired) electrons. The third-order valence-corrected chi connectivity index (χ3v) is 2.56. The molecular weight excluding hydrogens is 280 g/mol. The average Bonchev–Trinajstić information content (AvgIpc) is 2.99. The molecule has 0 bridgehead atoms. The number of hydrogen-bond donors (Lipinski definition) is 1. The maximum Gasteiger partial charge on any atom is 0.314 e. The van der Waals surface area contributed by atoms with Crippen LogP contribution in [0.25, 0.3) is 11.5 Å². The summed E-state index contributed by atoms with van der Waals surface area (Å²) >= 11 is 0. The Labute approximate surface area is 117 Å². The first-order valence-electron chi connectivity index (χ1n) is 5.98. The molecule has 0 atom stereocenters. The van der Waals surface area contributed by atoms with E-state index in [2.05, 4.69) is 25.5 Å². The molecule has 0 aliphatic rings. The zero-order valence-corrected chi connectivity index (χ0v) is 10.6. The summed E-state index contributed by atoms with van der Waals surface area (Å²) in [6.07, 6.45) is 0.0356. The van der Waals surface area contributed by atoms with Crippen LogP contribution in [0.5, 0.6) is 0 Å². The van der Waals surface area contributed by atoms with Crippen molar-refractivity contribution >= 4 is 11.6 Å². The number of hydrogen-bond acceptors (Lipinski definition) is 6. The van der Waals surface area contributed by atoms with Gasteiger partial charge in [-0.15, -0.1) is 10.2 Å². The summed E-state index contributed by atoms with van der Waals surface area (Å²) in [5.74, 6) is -0.397. The van der Waals surface area contributed by atoms with Gasteiger partial charge in [0.2, 0.25) is 5.95 Å². The van der Waals surface area contributed by atoms with Gasteiger partial charge in [0.05, 0.1) is 5.56 Å². The van der Waals surface area contributed by atoms with E-state index in [1.165, 1.54) is 12.4 Å². The molecule has 0 unspecified atom stereocenters. The van der Waals surface area contributed by atoms with Gasteiger partial charge in [-0.25, -0.2) is 9.97 Å². The summed E-state index contributed by atoms with van der Waals surface area (Å²) in [5.41, 5.74) is 1.20. The largest absolute Gasteiger partial charge is 0.415 e. The molecular formula is C13H9F2N5O. The summed E-state index contributed by atoms with van der Waals surface area (Å²) in [6, 6.07) is 9.38. The van der Waals surface area contributed by atoms with Crippen LogP contribution in [-0.2, 0) is 0 Å². The predicted molar refractivity (Wildman–Crippen MR) is 70.0 cm³/mol. The Morgan fingerprint density at radius 3 is 2.33 bits per heavy atom. The molecule has 1 aromatic carbocycles. The van der Waals surface area contributed by atoms with Gasteiger partial charge in [0.1, 0.15) is 0 Å². The molecule has 0 amide bonds. The van der Waals surface area contributed by atoms with E-state index in [9.17, 15) is 8.78 Å². The molecule has 2 aromatic heterocycles. The fourth-order valence-corrected chi connectivity index (χ4v) is 1.59. The lowest BCUT2D eigenvalue weighted by Crippen LogP contribution is -1.96. The predicted octanol–water partition coefficient (Wildman–Crippen LogP) is 3.21. The lowest BCUT2D eigenvalue weighted by atomic mass is 10.3. The number of aromatic nitrogens is 4. The van der Waals surface area contributed by atoms with Gasteiger partial charge in [-0.3, -0.25) is 0 Å². The highest BCUT2D eigenvalue weighted by Crippen LogP contribution is 2.22. The van der Waals surface area contributed by atoms with E-state index < -0.39 is 12.3 Å². The van der Waals surface area contributed by atoms with Crippen LogP contribution in [0.3, 0.4) is 0 Å². The minimum atomic E-state index is -2.80. The molecule has 0 aliphatic carbocycles. The van der Waals surface area contributed by atoms with Crippen LogP contribution >= 0.6 is 0 Å². The summed E-state index contributed by atoms with van der Waals surface area (Å²) in [6.45, 7) is 0. The van der Waals surface area contributed by atoms with Crippen LogP contribution in [-0.4, -0.2) is 20.2 Å². The second-order valence-corrected chi connectivity index (χ2v) is 4.03. The molecule has 1 N–H and O–H groups in total. The molecule has 0 saturated heterocycles. The highest BCUT2D eigenvalue weighted by molar-refractivity contribution is 5.55. The Morgan fingerprint density at radius 1 is 1.00 bits per heavy atom. The number of nitrogens with zero attached hydrogens (tertiary/aromatic N) is 4. The number of benzene rings is 1. The Balaban J connectivity index is 1.77. The lowest BCUT2D eigenvalue weighted by molar-refractivity contribution is 0.116. The molecule has 0 aliphatic heterocycles. The van der Waals surface area contributed by atoms with E-state index in [0.29, 0.717) is 11.5 Å². The van der Waals surface area contributed by atoms with Gasteiger partial charge in [-0.05, 0) is 12.1 Å². The monoisotopic (exact) mass is 289 g/mol. The Hall–Kier alpha value is -2.90. The quantitative estimate of drug-likeness (QED) is 0.794. The second-order valence-electron chi connectivity index (χ2n) is 4.03. The second kappa shape index (κ2) is 5.61. The minimum Gasteiger partial charge on any atom is -0.415 e. The number of halogens is 2. The van der Waals surface area contributed by atoms with Crippen LogP contribution < -0.4 is 5.32 Å². The molecule has 8 heteroatoms. The molecule has 2 heterocycles. The topological polar surface area (TPSA) is 76.7 Å². The van der Waals surface area contributed by atoms with Gasteiger partial charge in [-0.1, -0.05) is 18.2 Å². The van der Waals surface area contributed by atoms with Crippen molar-refractivity contribution in [2.45, 2.75) is 6.43 Å². The molecule has 0 spiro atoms. The van der Waals surface area contributed by atoms with E-state index in [1.807, 2.05) is 30.3 Å².